The van der Waals surface area contributed by atoms with Crippen LogP contribution in [0.1, 0.15) is 65.3 Å². The van der Waals surface area contributed by atoms with E-state index in [9.17, 15) is 19.2 Å². The van der Waals surface area contributed by atoms with Crippen molar-refractivity contribution in [3.63, 3.8) is 0 Å². The topological polar surface area (TPSA) is 107 Å². The van der Waals surface area contributed by atoms with Crippen LogP contribution in [-0.2, 0) is 13.1 Å². The summed E-state index contributed by atoms with van der Waals surface area (Å²) in [6.45, 7) is 3.97. The number of nitrogens with one attached hydrogen (secondary N) is 1. The predicted octanol–water partition coefficient (Wildman–Crippen LogP) is 3.08. The molecule has 0 unspecified atom stereocenters. The van der Waals surface area contributed by atoms with Crippen molar-refractivity contribution in [1.82, 2.24) is 24.1 Å². The number of carbonyl (C=O) groups excluding carboxylic acids is 2. The lowest BCUT2D eigenvalue weighted by molar-refractivity contribution is 0.0936. The number of amides is 1. The zero-order chi connectivity index (χ0) is 25.4. The summed E-state index contributed by atoms with van der Waals surface area (Å²) in [6, 6.07) is 12.0. The third-order valence-corrected chi connectivity index (χ3v) is 6.84. The van der Waals surface area contributed by atoms with Gasteiger partial charge in [0.25, 0.3) is 11.5 Å². The number of rotatable bonds is 7. The van der Waals surface area contributed by atoms with E-state index in [4.69, 9.17) is 0 Å². The number of carbonyl (C=O) groups is 2. The molecule has 2 aromatic heterocycles. The van der Waals surface area contributed by atoms with Gasteiger partial charge in [-0.1, -0.05) is 49.6 Å². The molecule has 2 heterocycles. The molecule has 0 bridgehead atoms. The maximum Gasteiger partial charge on any atom is 0.352 e. The standard InChI is InChI=1S/C27H29N5O4/c1-3-14-30-25(35)21-13-12-19(24(34)28-20-6-4-5-7-20)15-22(21)32-26(30)29-31(27(32)36)16-23(33)18-10-8-17(2)9-11-18/h8-13,15,20H,3-7,14,16H2,1-2H3,(H,28,34). The zero-order valence-electron chi connectivity index (χ0n) is 20.5. The Morgan fingerprint density at radius 3 is 2.42 bits per heavy atom. The Balaban J connectivity index is 1.62. The molecule has 0 radical (unpaired) electrons. The Labute approximate surface area is 207 Å². The van der Waals surface area contributed by atoms with Crippen molar-refractivity contribution in [2.24, 2.45) is 0 Å². The number of ketones is 1. The van der Waals surface area contributed by atoms with Crippen LogP contribution in [0.4, 0.5) is 0 Å². The van der Waals surface area contributed by atoms with Crippen LogP contribution in [0.3, 0.4) is 0 Å². The Kier molecular flexibility index (Phi) is 6.30. The van der Waals surface area contributed by atoms with Crippen LogP contribution in [0.5, 0.6) is 0 Å². The van der Waals surface area contributed by atoms with E-state index < -0.39 is 5.69 Å². The first kappa shape index (κ1) is 23.7. The van der Waals surface area contributed by atoms with Crippen molar-refractivity contribution in [1.29, 1.82) is 0 Å². The van der Waals surface area contributed by atoms with Crippen molar-refractivity contribution < 1.29 is 9.59 Å². The van der Waals surface area contributed by atoms with Crippen LogP contribution >= 0.6 is 0 Å². The van der Waals surface area contributed by atoms with Crippen molar-refractivity contribution in [2.75, 3.05) is 0 Å². The van der Waals surface area contributed by atoms with Crippen molar-refractivity contribution in [3.8, 4) is 0 Å². The summed E-state index contributed by atoms with van der Waals surface area (Å²) in [4.78, 5) is 52.6. The normalized spacial score (nSPS) is 14.1. The molecule has 1 fully saturated rings. The lowest BCUT2D eigenvalue weighted by Crippen LogP contribution is -2.33. The number of nitrogens with zero attached hydrogens (tertiary/aromatic N) is 4. The fraction of sp³-hybridized carbons (Fsp3) is 0.370. The Hall–Kier alpha value is -4.01. The molecule has 0 spiro atoms. The largest absolute Gasteiger partial charge is 0.352 e. The molecule has 1 N–H and O–H groups in total. The zero-order valence-corrected chi connectivity index (χ0v) is 20.5. The summed E-state index contributed by atoms with van der Waals surface area (Å²) < 4.78 is 3.88. The minimum absolute atomic E-state index is 0.143. The summed E-state index contributed by atoms with van der Waals surface area (Å²) >= 11 is 0. The van der Waals surface area contributed by atoms with Gasteiger partial charge in [-0.2, -0.15) is 0 Å². The van der Waals surface area contributed by atoms with Gasteiger partial charge in [-0.05, 0) is 44.4 Å². The second kappa shape index (κ2) is 9.56. The number of aryl methyl sites for hydroxylation is 2. The van der Waals surface area contributed by atoms with Crippen molar-refractivity contribution in [2.45, 2.75) is 65.1 Å². The van der Waals surface area contributed by atoms with Gasteiger partial charge in [0.15, 0.2) is 5.78 Å². The van der Waals surface area contributed by atoms with E-state index in [1.165, 1.54) is 8.97 Å². The number of hydrogen-bond acceptors (Lipinski definition) is 5. The second-order valence-electron chi connectivity index (χ2n) is 9.51. The average molecular weight is 488 g/mol. The fourth-order valence-corrected chi connectivity index (χ4v) is 4.89. The maximum atomic E-state index is 13.5. The molecule has 1 amide bonds. The molecule has 2 aromatic carbocycles. The predicted molar refractivity (Wildman–Crippen MR) is 137 cm³/mol. The highest BCUT2D eigenvalue weighted by Crippen LogP contribution is 2.19. The quantitative estimate of drug-likeness (QED) is 0.403. The average Bonchev–Trinajstić information content (AvgIpc) is 3.49. The van der Waals surface area contributed by atoms with Gasteiger partial charge in [0, 0.05) is 23.7 Å². The van der Waals surface area contributed by atoms with Crippen LogP contribution in [-0.4, -0.2) is 36.5 Å². The first-order valence-electron chi connectivity index (χ1n) is 12.4. The molecule has 0 aliphatic heterocycles. The lowest BCUT2D eigenvalue weighted by atomic mass is 10.1. The molecular weight excluding hydrogens is 458 g/mol. The molecular formula is C27H29N5O4. The highest BCUT2D eigenvalue weighted by Gasteiger charge is 2.22. The van der Waals surface area contributed by atoms with Crippen molar-refractivity contribution in [3.05, 3.63) is 80.0 Å². The smallest absolute Gasteiger partial charge is 0.349 e. The molecule has 5 rings (SSSR count). The van der Waals surface area contributed by atoms with E-state index in [-0.39, 0.29) is 35.6 Å². The Morgan fingerprint density at radius 2 is 1.72 bits per heavy atom. The highest BCUT2D eigenvalue weighted by molar-refractivity contribution is 5.98. The number of Topliss-reactive ketones (excluding diaryl/α,β-unsaturated/α-hetero) is 1. The minimum atomic E-state index is -0.534. The summed E-state index contributed by atoms with van der Waals surface area (Å²) in [5.74, 6) is -0.333. The van der Waals surface area contributed by atoms with Crippen LogP contribution in [0, 0.1) is 6.92 Å². The molecule has 1 aliphatic carbocycles. The SMILES string of the molecule is CCCn1c(=O)c2ccc(C(=O)NC3CCCC3)cc2n2c(=O)n(CC(=O)c3ccc(C)cc3)nc12. The molecule has 0 atom stereocenters. The Morgan fingerprint density at radius 1 is 1.03 bits per heavy atom. The van der Waals surface area contributed by atoms with E-state index in [0.29, 0.717) is 35.0 Å². The molecule has 36 heavy (non-hydrogen) atoms. The first-order chi connectivity index (χ1) is 17.4. The van der Waals surface area contributed by atoms with Crippen LogP contribution in [0.25, 0.3) is 16.7 Å². The highest BCUT2D eigenvalue weighted by atomic mass is 16.2. The summed E-state index contributed by atoms with van der Waals surface area (Å²) in [6.07, 6.45) is 4.75. The fourth-order valence-electron chi connectivity index (χ4n) is 4.89. The summed E-state index contributed by atoms with van der Waals surface area (Å²) in [5.41, 5.74) is 1.36. The third kappa shape index (κ3) is 4.25. The lowest BCUT2D eigenvalue weighted by Gasteiger charge is -2.13. The van der Waals surface area contributed by atoms with Crippen molar-refractivity contribution >= 4 is 28.4 Å². The second-order valence-corrected chi connectivity index (χ2v) is 9.51. The van der Waals surface area contributed by atoms with E-state index in [0.717, 1.165) is 35.9 Å². The van der Waals surface area contributed by atoms with E-state index in [1.54, 1.807) is 30.3 Å². The van der Waals surface area contributed by atoms with Gasteiger partial charge in [0.2, 0.25) is 5.78 Å². The summed E-state index contributed by atoms with van der Waals surface area (Å²) in [5, 5.41) is 7.76. The number of hydrogen-bond donors (Lipinski definition) is 1. The van der Waals surface area contributed by atoms with E-state index in [2.05, 4.69) is 10.4 Å². The van der Waals surface area contributed by atoms with Gasteiger partial charge in [-0.3, -0.25) is 19.0 Å². The van der Waals surface area contributed by atoms with Gasteiger partial charge in [0.1, 0.15) is 6.54 Å². The van der Waals surface area contributed by atoms with E-state index in [1.807, 2.05) is 26.0 Å². The molecule has 9 nitrogen and oxygen atoms in total. The maximum absolute atomic E-state index is 13.5. The number of fused-ring (bicyclic) bond motifs is 3. The molecule has 1 aliphatic rings. The first-order valence-corrected chi connectivity index (χ1v) is 12.4. The molecule has 4 aromatic rings. The molecule has 9 heteroatoms. The van der Waals surface area contributed by atoms with Gasteiger partial charge in [-0.25, -0.2) is 13.9 Å². The molecule has 1 saturated carbocycles. The van der Waals surface area contributed by atoms with Gasteiger partial charge in [0.05, 0.1) is 10.9 Å². The van der Waals surface area contributed by atoms with Gasteiger partial charge in [-0.15, -0.1) is 5.10 Å². The van der Waals surface area contributed by atoms with E-state index >= 15 is 0 Å². The van der Waals surface area contributed by atoms with Crippen LogP contribution in [0.15, 0.2) is 52.1 Å². The number of aromatic nitrogens is 4. The Bertz CT molecular complexity index is 1590. The van der Waals surface area contributed by atoms with Crippen LogP contribution < -0.4 is 16.6 Å². The minimum Gasteiger partial charge on any atom is -0.349 e. The number of benzene rings is 2. The monoisotopic (exact) mass is 487 g/mol. The third-order valence-electron chi connectivity index (χ3n) is 6.84. The summed E-state index contributed by atoms with van der Waals surface area (Å²) in [7, 11) is 0. The van der Waals surface area contributed by atoms with Gasteiger partial charge < -0.3 is 5.32 Å². The van der Waals surface area contributed by atoms with Gasteiger partial charge >= 0.3 is 5.69 Å². The molecule has 186 valence electrons. The van der Waals surface area contributed by atoms with Crippen LogP contribution in [0.2, 0.25) is 0 Å². The molecule has 0 saturated heterocycles.